The topological polar surface area (TPSA) is 74.7 Å². The second-order valence-corrected chi connectivity index (χ2v) is 7.37. The Labute approximate surface area is 119 Å². The number of carboxylic acids is 1. The molecule has 0 radical (unpaired) electrons. The van der Waals surface area contributed by atoms with Gasteiger partial charge in [0.15, 0.2) is 9.84 Å². The third-order valence-corrected chi connectivity index (χ3v) is 5.44. The third-order valence-electron chi connectivity index (χ3n) is 3.69. The predicted molar refractivity (Wildman–Crippen MR) is 76.7 cm³/mol. The van der Waals surface area contributed by atoms with Crippen LogP contribution in [0.4, 0.5) is 5.69 Å². The van der Waals surface area contributed by atoms with E-state index in [1.165, 1.54) is 0 Å². The molecule has 6 heteroatoms. The Morgan fingerprint density at radius 1 is 1.35 bits per heavy atom. The van der Waals surface area contributed by atoms with Gasteiger partial charge in [-0.25, -0.2) is 8.42 Å². The SMILES string of the molecule is CCS(=O)(=O)c1ccc(N2CCC(CC(=O)O)C2)cc1. The monoisotopic (exact) mass is 297 g/mol. The van der Waals surface area contributed by atoms with Crippen LogP contribution >= 0.6 is 0 Å². The molecule has 20 heavy (non-hydrogen) atoms. The van der Waals surface area contributed by atoms with E-state index in [4.69, 9.17) is 5.11 Å². The lowest BCUT2D eigenvalue weighted by molar-refractivity contribution is -0.137. The van der Waals surface area contributed by atoms with Crippen molar-refractivity contribution < 1.29 is 18.3 Å². The number of hydrogen-bond acceptors (Lipinski definition) is 4. The lowest BCUT2D eigenvalue weighted by Crippen LogP contribution is -2.20. The lowest BCUT2D eigenvalue weighted by Gasteiger charge is -2.18. The molecule has 2 rings (SSSR count). The first-order chi connectivity index (χ1) is 9.42. The summed E-state index contributed by atoms with van der Waals surface area (Å²) in [6.07, 6.45) is 1.06. The predicted octanol–water partition coefficient (Wildman–Crippen LogP) is 1.78. The highest BCUT2D eigenvalue weighted by Crippen LogP contribution is 2.26. The molecule has 1 aliphatic heterocycles. The van der Waals surface area contributed by atoms with Crippen LogP contribution in [0.2, 0.25) is 0 Å². The third kappa shape index (κ3) is 3.30. The summed E-state index contributed by atoms with van der Waals surface area (Å²) in [5, 5.41) is 8.80. The van der Waals surface area contributed by atoms with Crippen LogP contribution in [0, 0.1) is 5.92 Å². The van der Waals surface area contributed by atoms with Gasteiger partial charge < -0.3 is 10.0 Å². The van der Waals surface area contributed by atoms with E-state index in [1.807, 2.05) is 0 Å². The maximum atomic E-state index is 11.7. The Morgan fingerprint density at radius 3 is 2.55 bits per heavy atom. The van der Waals surface area contributed by atoms with Crippen molar-refractivity contribution >= 4 is 21.5 Å². The number of aliphatic carboxylic acids is 1. The van der Waals surface area contributed by atoms with Gasteiger partial charge in [-0.1, -0.05) is 6.92 Å². The molecular formula is C14H19NO4S. The standard InChI is InChI=1S/C14H19NO4S/c1-2-20(18,19)13-5-3-12(4-6-13)15-8-7-11(10-15)9-14(16)17/h3-6,11H,2,7-10H2,1H3,(H,16,17). The first kappa shape index (κ1) is 14.8. The molecule has 0 saturated carbocycles. The molecule has 1 heterocycles. The van der Waals surface area contributed by atoms with E-state index in [0.717, 1.165) is 18.7 Å². The summed E-state index contributed by atoms with van der Waals surface area (Å²) in [6, 6.07) is 6.84. The van der Waals surface area contributed by atoms with Crippen molar-refractivity contribution in [3.05, 3.63) is 24.3 Å². The zero-order chi connectivity index (χ0) is 14.8. The summed E-state index contributed by atoms with van der Waals surface area (Å²) >= 11 is 0. The Morgan fingerprint density at radius 2 is 2.00 bits per heavy atom. The Kier molecular flexibility index (Phi) is 4.32. The zero-order valence-corrected chi connectivity index (χ0v) is 12.3. The number of carbonyl (C=O) groups is 1. The van der Waals surface area contributed by atoms with Gasteiger partial charge in [0.05, 0.1) is 10.6 Å². The Balaban J connectivity index is 2.07. The summed E-state index contributed by atoms with van der Waals surface area (Å²) in [5.74, 6) is -0.496. The van der Waals surface area contributed by atoms with Crippen LogP contribution in [0.5, 0.6) is 0 Å². The second-order valence-electron chi connectivity index (χ2n) is 5.10. The van der Waals surface area contributed by atoms with Gasteiger partial charge in [-0.05, 0) is 36.6 Å². The average molecular weight is 297 g/mol. The molecule has 5 nitrogen and oxygen atoms in total. The summed E-state index contributed by atoms with van der Waals surface area (Å²) in [4.78, 5) is 13.1. The van der Waals surface area contributed by atoms with Crippen molar-refractivity contribution in [3.63, 3.8) is 0 Å². The molecule has 0 aromatic heterocycles. The fourth-order valence-electron chi connectivity index (χ4n) is 2.51. The lowest BCUT2D eigenvalue weighted by atomic mass is 10.1. The quantitative estimate of drug-likeness (QED) is 0.896. The smallest absolute Gasteiger partial charge is 0.303 e. The highest BCUT2D eigenvalue weighted by molar-refractivity contribution is 7.91. The number of anilines is 1. The number of sulfone groups is 1. The minimum atomic E-state index is -3.16. The van der Waals surface area contributed by atoms with Crippen molar-refractivity contribution in [2.24, 2.45) is 5.92 Å². The van der Waals surface area contributed by atoms with Crippen LogP contribution < -0.4 is 4.90 Å². The average Bonchev–Trinajstić information content (AvgIpc) is 2.86. The summed E-state index contributed by atoms with van der Waals surface area (Å²) in [6.45, 7) is 3.16. The number of nitrogens with zero attached hydrogens (tertiary/aromatic N) is 1. The van der Waals surface area contributed by atoms with Gasteiger partial charge in [0, 0.05) is 25.2 Å². The van der Waals surface area contributed by atoms with Gasteiger partial charge in [-0.15, -0.1) is 0 Å². The molecule has 0 bridgehead atoms. The van der Waals surface area contributed by atoms with E-state index in [9.17, 15) is 13.2 Å². The van der Waals surface area contributed by atoms with E-state index in [2.05, 4.69) is 4.90 Å². The number of rotatable bonds is 5. The summed E-state index contributed by atoms with van der Waals surface area (Å²) in [5.41, 5.74) is 0.952. The van der Waals surface area contributed by atoms with Gasteiger partial charge in [0.2, 0.25) is 0 Å². The van der Waals surface area contributed by atoms with Crippen LogP contribution in [0.25, 0.3) is 0 Å². The fraction of sp³-hybridized carbons (Fsp3) is 0.500. The van der Waals surface area contributed by atoms with Crippen LogP contribution in [0.1, 0.15) is 19.8 Å². The number of hydrogen-bond donors (Lipinski definition) is 1. The van der Waals surface area contributed by atoms with E-state index in [1.54, 1.807) is 31.2 Å². The van der Waals surface area contributed by atoms with Crippen molar-refractivity contribution in [2.75, 3.05) is 23.7 Å². The molecular weight excluding hydrogens is 278 g/mol. The van der Waals surface area contributed by atoms with Crippen LogP contribution in [-0.4, -0.2) is 38.3 Å². The van der Waals surface area contributed by atoms with Gasteiger partial charge in [-0.3, -0.25) is 4.79 Å². The van der Waals surface area contributed by atoms with Crippen LogP contribution in [-0.2, 0) is 14.6 Å². The van der Waals surface area contributed by atoms with Crippen molar-refractivity contribution in [3.8, 4) is 0 Å². The minimum absolute atomic E-state index is 0.0940. The highest BCUT2D eigenvalue weighted by Gasteiger charge is 2.24. The van der Waals surface area contributed by atoms with Crippen LogP contribution in [0.15, 0.2) is 29.2 Å². The van der Waals surface area contributed by atoms with Gasteiger partial charge in [-0.2, -0.15) is 0 Å². The minimum Gasteiger partial charge on any atom is -0.481 e. The Hall–Kier alpha value is -1.56. The van der Waals surface area contributed by atoms with Gasteiger partial charge >= 0.3 is 5.97 Å². The van der Waals surface area contributed by atoms with E-state index >= 15 is 0 Å². The van der Waals surface area contributed by atoms with Crippen LogP contribution in [0.3, 0.4) is 0 Å². The highest BCUT2D eigenvalue weighted by atomic mass is 32.2. The molecule has 0 spiro atoms. The molecule has 1 aromatic rings. The molecule has 1 saturated heterocycles. The molecule has 1 aromatic carbocycles. The maximum absolute atomic E-state index is 11.7. The Bertz CT molecular complexity index is 580. The molecule has 1 unspecified atom stereocenters. The molecule has 0 aliphatic carbocycles. The van der Waals surface area contributed by atoms with Gasteiger partial charge in [0.25, 0.3) is 0 Å². The number of carboxylic acid groups (broad SMARTS) is 1. The molecule has 1 fully saturated rings. The molecule has 1 atom stereocenters. The molecule has 1 N–H and O–H groups in total. The number of benzene rings is 1. The maximum Gasteiger partial charge on any atom is 0.303 e. The van der Waals surface area contributed by atoms with Crippen molar-refractivity contribution in [2.45, 2.75) is 24.7 Å². The molecule has 1 aliphatic rings. The molecule has 110 valence electrons. The van der Waals surface area contributed by atoms with Crippen molar-refractivity contribution in [1.29, 1.82) is 0 Å². The zero-order valence-electron chi connectivity index (χ0n) is 11.4. The molecule has 0 amide bonds. The van der Waals surface area contributed by atoms with Crippen molar-refractivity contribution in [1.82, 2.24) is 0 Å². The largest absolute Gasteiger partial charge is 0.481 e. The first-order valence-corrected chi connectivity index (χ1v) is 8.37. The van der Waals surface area contributed by atoms with E-state index in [0.29, 0.717) is 11.4 Å². The summed E-state index contributed by atoms with van der Waals surface area (Å²) < 4.78 is 23.5. The fourth-order valence-corrected chi connectivity index (χ4v) is 3.40. The van der Waals surface area contributed by atoms with E-state index in [-0.39, 0.29) is 18.1 Å². The normalized spacial score (nSPS) is 19.2. The summed E-state index contributed by atoms with van der Waals surface area (Å²) in [7, 11) is -3.16. The second kappa shape index (κ2) is 5.83. The van der Waals surface area contributed by atoms with E-state index < -0.39 is 15.8 Å². The first-order valence-electron chi connectivity index (χ1n) is 6.72. The van der Waals surface area contributed by atoms with Gasteiger partial charge in [0.1, 0.15) is 0 Å².